The third-order valence-electron chi connectivity index (χ3n) is 5.46. The van der Waals surface area contributed by atoms with E-state index in [9.17, 15) is 0 Å². The number of ether oxygens (including phenoxy) is 2. The summed E-state index contributed by atoms with van der Waals surface area (Å²) in [5.74, 6) is 4.48. The minimum Gasteiger partial charge on any atom is -0.497 e. The van der Waals surface area contributed by atoms with Crippen LogP contribution in [0.1, 0.15) is 44.2 Å². The van der Waals surface area contributed by atoms with Crippen molar-refractivity contribution in [2.45, 2.75) is 38.6 Å². The Kier molecular flexibility index (Phi) is 4.39. The Morgan fingerprint density at radius 2 is 2.14 bits per heavy atom. The zero-order valence-electron chi connectivity index (χ0n) is 13.4. The summed E-state index contributed by atoms with van der Waals surface area (Å²) in [5, 5.41) is 3.29. The number of fused-ring (bicyclic) bond motifs is 2. The van der Waals surface area contributed by atoms with E-state index < -0.39 is 0 Å². The molecule has 0 aliphatic heterocycles. The molecule has 2 aliphatic rings. The van der Waals surface area contributed by atoms with Gasteiger partial charge in [-0.25, -0.2) is 0 Å². The van der Waals surface area contributed by atoms with Gasteiger partial charge in [-0.05, 0) is 57.1 Å². The van der Waals surface area contributed by atoms with Crippen molar-refractivity contribution in [3.8, 4) is 11.5 Å². The van der Waals surface area contributed by atoms with Gasteiger partial charge in [0.05, 0.1) is 13.7 Å². The van der Waals surface area contributed by atoms with E-state index in [2.05, 4.69) is 18.3 Å². The molecule has 4 unspecified atom stereocenters. The highest BCUT2D eigenvalue weighted by atomic mass is 16.5. The Bertz CT molecular complexity index is 488. The van der Waals surface area contributed by atoms with E-state index in [1.54, 1.807) is 7.11 Å². The summed E-state index contributed by atoms with van der Waals surface area (Å²) >= 11 is 0. The summed E-state index contributed by atoms with van der Waals surface area (Å²) in [6.07, 6.45) is 5.66. The van der Waals surface area contributed by atoms with Gasteiger partial charge in [0.2, 0.25) is 0 Å². The summed E-state index contributed by atoms with van der Waals surface area (Å²) < 4.78 is 11.6. The molecule has 116 valence electrons. The van der Waals surface area contributed by atoms with Crippen molar-refractivity contribution in [1.29, 1.82) is 0 Å². The summed E-state index contributed by atoms with van der Waals surface area (Å²) in [7, 11) is 3.69. The highest BCUT2D eigenvalue weighted by Crippen LogP contribution is 2.48. The number of hydrogen-bond donors (Lipinski definition) is 1. The van der Waals surface area contributed by atoms with Crippen LogP contribution < -0.4 is 14.8 Å². The Hall–Kier alpha value is -1.22. The molecule has 0 heterocycles. The van der Waals surface area contributed by atoms with Crippen LogP contribution in [-0.4, -0.2) is 20.8 Å². The first-order valence-electron chi connectivity index (χ1n) is 8.19. The standard InChI is InChI=1S/C18H27NO2/c1-12(19-2)17-7-6-16(20-3)10-18(17)21-11-15-9-13-4-5-14(15)8-13/h6-7,10,12-15,19H,4-5,8-9,11H2,1-3H3. The number of methoxy groups -OCH3 is 1. The zero-order valence-corrected chi connectivity index (χ0v) is 13.4. The van der Waals surface area contributed by atoms with Crippen LogP contribution in [0.5, 0.6) is 11.5 Å². The lowest BCUT2D eigenvalue weighted by Crippen LogP contribution is -2.20. The molecule has 2 fully saturated rings. The van der Waals surface area contributed by atoms with Crippen molar-refractivity contribution in [1.82, 2.24) is 5.32 Å². The van der Waals surface area contributed by atoms with Crippen molar-refractivity contribution >= 4 is 0 Å². The van der Waals surface area contributed by atoms with E-state index in [0.29, 0.717) is 0 Å². The molecule has 2 aliphatic carbocycles. The summed E-state index contributed by atoms with van der Waals surface area (Å²) in [6, 6.07) is 6.42. The molecule has 1 N–H and O–H groups in total. The normalized spacial score (nSPS) is 28.6. The first-order chi connectivity index (χ1) is 10.2. The van der Waals surface area contributed by atoms with Gasteiger partial charge >= 0.3 is 0 Å². The lowest BCUT2D eigenvalue weighted by Gasteiger charge is -2.24. The van der Waals surface area contributed by atoms with E-state index in [0.717, 1.165) is 35.9 Å². The Balaban J connectivity index is 1.70. The van der Waals surface area contributed by atoms with Gasteiger partial charge < -0.3 is 14.8 Å². The molecule has 2 bridgehead atoms. The molecular formula is C18H27NO2. The van der Waals surface area contributed by atoms with E-state index >= 15 is 0 Å². The molecule has 0 radical (unpaired) electrons. The van der Waals surface area contributed by atoms with Gasteiger partial charge in [-0.15, -0.1) is 0 Å². The lowest BCUT2D eigenvalue weighted by atomic mass is 9.89. The smallest absolute Gasteiger partial charge is 0.127 e. The number of benzene rings is 1. The van der Waals surface area contributed by atoms with Crippen LogP contribution in [0.2, 0.25) is 0 Å². The molecular weight excluding hydrogens is 262 g/mol. The van der Waals surface area contributed by atoms with Crippen molar-refractivity contribution in [2.24, 2.45) is 17.8 Å². The highest BCUT2D eigenvalue weighted by molar-refractivity contribution is 5.42. The summed E-state index contributed by atoms with van der Waals surface area (Å²) in [5.41, 5.74) is 1.21. The maximum atomic E-state index is 6.22. The van der Waals surface area contributed by atoms with Crippen LogP contribution in [0, 0.1) is 17.8 Å². The third-order valence-corrected chi connectivity index (χ3v) is 5.46. The topological polar surface area (TPSA) is 30.5 Å². The molecule has 3 rings (SSSR count). The van der Waals surface area contributed by atoms with Crippen molar-refractivity contribution in [3.05, 3.63) is 23.8 Å². The lowest BCUT2D eigenvalue weighted by molar-refractivity contribution is 0.192. The molecule has 2 saturated carbocycles. The minimum absolute atomic E-state index is 0.283. The monoisotopic (exact) mass is 289 g/mol. The van der Waals surface area contributed by atoms with E-state index in [1.165, 1.54) is 31.2 Å². The van der Waals surface area contributed by atoms with Gasteiger partial charge in [-0.2, -0.15) is 0 Å². The maximum Gasteiger partial charge on any atom is 0.127 e. The quantitative estimate of drug-likeness (QED) is 0.864. The molecule has 3 nitrogen and oxygen atoms in total. The predicted octanol–water partition coefficient (Wildman–Crippen LogP) is 3.79. The Morgan fingerprint density at radius 1 is 1.29 bits per heavy atom. The zero-order chi connectivity index (χ0) is 14.8. The second-order valence-electron chi connectivity index (χ2n) is 6.66. The molecule has 4 atom stereocenters. The second-order valence-corrected chi connectivity index (χ2v) is 6.66. The van der Waals surface area contributed by atoms with Crippen LogP contribution in [0.4, 0.5) is 0 Å². The van der Waals surface area contributed by atoms with Crippen molar-refractivity contribution in [3.63, 3.8) is 0 Å². The van der Waals surface area contributed by atoms with Gasteiger partial charge in [0.25, 0.3) is 0 Å². The van der Waals surface area contributed by atoms with Gasteiger partial charge in [0.1, 0.15) is 11.5 Å². The van der Waals surface area contributed by atoms with E-state index in [1.807, 2.05) is 19.2 Å². The average Bonchev–Trinajstić information content (AvgIpc) is 3.14. The Morgan fingerprint density at radius 3 is 2.76 bits per heavy atom. The van der Waals surface area contributed by atoms with Gasteiger partial charge in [0, 0.05) is 17.7 Å². The summed E-state index contributed by atoms with van der Waals surface area (Å²) in [6.45, 7) is 3.02. The van der Waals surface area contributed by atoms with E-state index in [4.69, 9.17) is 9.47 Å². The molecule has 21 heavy (non-hydrogen) atoms. The third kappa shape index (κ3) is 3.03. The molecule has 0 aromatic heterocycles. The van der Waals surface area contributed by atoms with Crippen molar-refractivity contribution in [2.75, 3.05) is 20.8 Å². The fourth-order valence-electron chi connectivity index (χ4n) is 4.06. The van der Waals surface area contributed by atoms with Crippen LogP contribution in [0.15, 0.2) is 18.2 Å². The van der Waals surface area contributed by atoms with Crippen LogP contribution in [0.25, 0.3) is 0 Å². The van der Waals surface area contributed by atoms with Gasteiger partial charge in [-0.1, -0.05) is 12.5 Å². The first-order valence-corrected chi connectivity index (χ1v) is 8.19. The van der Waals surface area contributed by atoms with Crippen LogP contribution >= 0.6 is 0 Å². The highest BCUT2D eigenvalue weighted by Gasteiger charge is 2.39. The fourth-order valence-corrected chi connectivity index (χ4v) is 4.06. The number of rotatable bonds is 6. The molecule has 1 aromatic rings. The van der Waals surface area contributed by atoms with Gasteiger partial charge in [0.15, 0.2) is 0 Å². The number of hydrogen-bond acceptors (Lipinski definition) is 3. The second kappa shape index (κ2) is 6.27. The van der Waals surface area contributed by atoms with Gasteiger partial charge in [-0.3, -0.25) is 0 Å². The van der Waals surface area contributed by atoms with Crippen LogP contribution in [0.3, 0.4) is 0 Å². The largest absolute Gasteiger partial charge is 0.497 e. The molecule has 0 amide bonds. The van der Waals surface area contributed by atoms with Crippen molar-refractivity contribution < 1.29 is 9.47 Å². The fraction of sp³-hybridized carbons (Fsp3) is 0.667. The maximum absolute atomic E-state index is 6.22. The summed E-state index contributed by atoms with van der Waals surface area (Å²) in [4.78, 5) is 0. The molecule has 0 spiro atoms. The molecule has 1 aromatic carbocycles. The minimum atomic E-state index is 0.283. The molecule has 0 saturated heterocycles. The number of nitrogens with one attached hydrogen (secondary N) is 1. The molecule has 3 heteroatoms. The SMILES string of the molecule is CNC(C)c1ccc(OC)cc1OCC1CC2CCC1C2. The van der Waals surface area contributed by atoms with E-state index in [-0.39, 0.29) is 6.04 Å². The average molecular weight is 289 g/mol. The van der Waals surface area contributed by atoms with Crippen LogP contribution in [-0.2, 0) is 0 Å². The predicted molar refractivity (Wildman–Crippen MR) is 84.9 cm³/mol. The Labute approximate surface area is 128 Å². The first kappa shape index (κ1) is 14.7.